The van der Waals surface area contributed by atoms with Crippen LogP contribution in [0.4, 0.5) is 11.5 Å². The van der Waals surface area contributed by atoms with Crippen molar-refractivity contribution in [3.05, 3.63) is 46.9 Å². The van der Waals surface area contributed by atoms with Gasteiger partial charge in [-0.15, -0.1) is 0 Å². The van der Waals surface area contributed by atoms with Crippen molar-refractivity contribution in [3.63, 3.8) is 0 Å². The molecule has 1 atom stereocenters. The van der Waals surface area contributed by atoms with E-state index in [-0.39, 0.29) is 0 Å². The van der Waals surface area contributed by atoms with Crippen molar-refractivity contribution < 1.29 is 0 Å². The van der Waals surface area contributed by atoms with E-state index in [4.69, 9.17) is 16.6 Å². The summed E-state index contributed by atoms with van der Waals surface area (Å²) in [6, 6.07) is 6.48. The molecule has 1 fully saturated rings. The second-order valence-corrected chi connectivity index (χ2v) is 7.23. The van der Waals surface area contributed by atoms with Crippen molar-refractivity contribution in [2.75, 3.05) is 29.9 Å². The molecule has 5 nitrogen and oxygen atoms in total. The molecule has 1 unspecified atom stereocenters. The average molecular weight is 368 g/mol. The fourth-order valence-electron chi connectivity index (χ4n) is 3.84. The number of hydrogen-bond acceptors (Lipinski definition) is 5. The predicted octanol–water partition coefficient (Wildman–Crippen LogP) is 4.11. The molecule has 26 heavy (non-hydrogen) atoms. The van der Waals surface area contributed by atoms with Crippen LogP contribution in [0.1, 0.15) is 19.0 Å². The van der Waals surface area contributed by atoms with Gasteiger partial charge in [-0.1, -0.05) is 11.6 Å². The summed E-state index contributed by atoms with van der Waals surface area (Å²) < 4.78 is 0. The molecule has 1 saturated heterocycles. The minimum Gasteiger partial charge on any atom is -0.366 e. The van der Waals surface area contributed by atoms with Gasteiger partial charge in [-0.25, -0.2) is 4.98 Å². The molecule has 134 valence electrons. The van der Waals surface area contributed by atoms with E-state index in [2.05, 4.69) is 32.8 Å². The molecule has 0 N–H and O–H groups in total. The minimum absolute atomic E-state index is 0.435. The van der Waals surface area contributed by atoms with E-state index in [0.717, 1.165) is 53.7 Å². The van der Waals surface area contributed by atoms with E-state index in [1.807, 2.05) is 31.3 Å². The van der Waals surface area contributed by atoms with Crippen molar-refractivity contribution in [3.8, 4) is 11.3 Å². The standard InChI is InChI=1S/C20H22ClN5/c1-13-10-15(5-8-23-13)19-17(21)11-18-20(24-19)26(14(2)4-7-22-3)16-6-9-25(18)12-16/h4-5,7-8,10-11,16H,6,9,12H2,1-3H3/b14-4+,22-7?. The van der Waals surface area contributed by atoms with E-state index in [1.54, 1.807) is 13.2 Å². The SMILES string of the molecule is CN=C/C=C(\C)N1c2nc(-c3ccnc(C)c3)c(Cl)cc2N2CCC1C2. The number of aryl methyl sites for hydroxylation is 1. The molecule has 0 aliphatic carbocycles. The van der Waals surface area contributed by atoms with E-state index in [0.29, 0.717) is 11.1 Å². The second-order valence-electron chi connectivity index (χ2n) is 6.82. The number of allylic oxidation sites excluding steroid dienone is 2. The Morgan fingerprint density at radius 3 is 3.00 bits per heavy atom. The van der Waals surface area contributed by atoms with Crippen LogP contribution in [0.3, 0.4) is 0 Å². The fourth-order valence-corrected chi connectivity index (χ4v) is 4.09. The minimum atomic E-state index is 0.435. The van der Waals surface area contributed by atoms with E-state index in [9.17, 15) is 0 Å². The molecular weight excluding hydrogens is 346 g/mol. The molecule has 2 aliphatic heterocycles. The van der Waals surface area contributed by atoms with Gasteiger partial charge in [-0.3, -0.25) is 9.98 Å². The molecule has 2 aliphatic rings. The molecule has 0 saturated carbocycles. The lowest BCUT2D eigenvalue weighted by Crippen LogP contribution is -2.41. The van der Waals surface area contributed by atoms with Gasteiger partial charge in [0.15, 0.2) is 5.82 Å². The topological polar surface area (TPSA) is 44.6 Å². The lowest BCUT2D eigenvalue weighted by Gasteiger charge is -2.38. The predicted molar refractivity (Wildman–Crippen MR) is 108 cm³/mol. The number of rotatable bonds is 3. The highest BCUT2D eigenvalue weighted by molar-refractivity contribution is 6.33. The molecule has 2 aromatic heterocycles. The van der Waals surface area contributed by atoms with Crippen molar-refractivity contribution in [1.82, 2.24) is 9.97 Å². The zero-order chi connectivity index (χ0) is 18.3. The van der Waals surface area contributed by atoms with Crippen LogP contribution in [-0.4, -0.2) is 42.4 Å². The third kappa shape index (κ3) is 2.86. The summed E-state index contributed by atoms with van der Waals surface area (Å²) in [4.78, 5) is 18.1. The van der Waals surface area contributed by atoms with Gasteiger partial charge in [0.1, 0.15) is 0 Å². The smallest absolute Gasteiger partial charge is 0.157 e. The molecular formula is C20H22ClN5. The summed E-state index contributed by atoms with van der Waals surface area (Å²) in [6.45, 7) is 6.14. The van der Waals surface area contributed by atoms with Gasteiger partial charge in [-0.05, 0) is 44.5 Å². The van der Waals surface area contributed by atoms with Crippen LogP contribution in [0, 0.1) is 6.92 Å². The van der Waals surface area contributed by atoms with Gasteiger partial charge in [-0.2, -0.15) is 0 Å². The number of nitrogens with zero attached hydrogens (tertiary/aromatic N) is 5. The molecule has 2 bridgehead atoms. The maximum Gasteiger partial charge on any atom is 0.157 e. The van der Waals surface area contributed by atoms with Gasteiger partial charge in [0.2, 0.25) is 0 Å². The molecule has 0 aromatic carbocycles. The van der Waals surface area contributed by atoms with Crippen LogP contribution in [-0.2, 0) is 0 Å². The normalized spacial score (nSPS) is 19.4. The first-order valence-corrected chi connectivity index (χ1v) is 9.23. The highest BCUT2D eigenvalue weighted by Crippen LogP contribution is 2.44. The Balaban J connectivity index is 1.87. The number of anilines is 2. The quantitative estimate of drug-likeness (QED) is 0.766. The van der Waals surface area contributed by atoms with Crippen molar-refractivity contribution >= 4 is 29.3 Å². The molecule has 6 heteroatoms. The van der Waals surface area contributed by atoms with E-state index >= 15 is 0 Å². The Bertz CT molecular complexity index is 905. The molecule has 2 aromatic rings. The zero-order valence-electron chi connectivity index (χ0n) is 15.3. The summed E-state index contributed by atoms with van der Waals surface area (Å²) in [5.74, 6) is 0.978. The van der Waals surface area contributed by atoms with Gasteiger partial charge in [0, 0.05) is 49.5 Å². The number of fused-ring (bicyclic) bond motifs is 4. The fraction of sp³-hybridized carbons (Fsp3) is 0.350. The van der Waals surface area contributed by atoms with Crippen LogP contribution in [0.5, 0.6) is 0 Å². The van der Waals surface area contributed by atoms with E-state index in [1.165, 1.54) is 0 Å². The molecule has 0 spiro atoms. The highest BCUT2D eigenvalue weighted by Gasteiger charge is 2.38. The third-order valence-corrected chi connectivity index (χ3v) is 5.34. The summed E-state index contributed by atoms with van der Waals surface area (Å²) in [6.07, 6.45) is 6.80. The first-order valence-electron chi connectivity index (χ1n) is 8.85. The van der Waals surface area contributed by atoms with E-state index < -0.39 is 0 Å². The van der Waals surface area contributed by atoms with Crippen molar-refractivity contribution in [2.24, 2.45) is 4.99 Å². The summed E-state index contributed by atoms with van der Waals surface area (Å²) in [5, 5.41) is 0.677. The number of hydrogen-bond donors (Lipinski definition) is 0. The first-order chi connectivity index (χ1) is 12.6. The second kappa shape index (κ2) is 6.72. The number of aliphatic imine (C=N–C) groups is 1. The highest BCUT2D eigenvalue weighted by atomic mass is 35.5. The Hall–Kier alpha value is -2.40. The van der Waals surface area contributed by atoms with Crippen LogP contribution in [0.25, 0.3) is 11.3 Å². The number of pyridine rings is 2. The van der Waals surface area contributed by atoms with Gasteiger partial charge in [0.05, 0.1) is 22.4 Å². The molecule has 4 heterocycles. The Labute approximate surface area is 159 Å². The summed E-state index contributed by atoms with van der Waals surface area (Å²) >= 11 is 6.63. The Morgan fingerprint density at radius 1 is 1.38 bits per heavy atom. The molecule has 0 radical (unpaired) electrons. The van der Waals surface area contributed by atoms with Gasteiger partial charge >= 0.3 is 0 Å². The lowest BCUT2D eigenvalue weighted by molar-refractivity contribution is 0.674. The largest absolute Gasteiger partial charge is 0.366 e. The van der Waals surface area contributed by atoms with Gasteiger partial charge in [0.25, 0.3) is 0 Å². The average Bonchev–Trinajstić information content (AvgIpc) is 3.05. The van der Waals surface area contributed by atoms with Crippen LogP contribution in [0.2, 0.25) is 5.02 Å². The third-order valence-electron chi connectivity index (χ3n) is 5.05. The van der Waals surface area contributed by atoms with Crippen molar-refractivity contribution in [1.29, 1.82) is 0 Å². The number of halogens is 1. The number of aromatic nitrogens is 2. The maximum absolute atomic E-state index is 6.63. The zero-order valence-corrected chi connectivity index (χ0v) is 16.0. The summed E-state index contributed by atoms with van der Waals surface area (Å²) in [5.41, 5.74) is 5.01. The maximum atomic E-state index is 6.63. The first kappa shape index (κ1) is 17.0. The van der Waals surface area contributed by atoms with Crippen molar-refractivity contribution in [2.45, 2.75) is 26.3 Å². The van der Waals surface area contributed by atoms with Crippen LogP contribution < -0.4 is 9.80 Å². The van der Waals surface area contributed by atoms with Crippen LogP contribution >= 0.6 is 11.6 Å². The summed E-state index contributed by atoms with van der Waals surface area (Å²) in [7, 11) is 1.78. The van der Waals surface area contributed by atoms with Gasteiger partial charge < -0.3 is 9.80 Å². The Kier molecular flexibility index (Phi) is 4.41. The lowest BCUT2D eigenvalue weighted by atomic mass is 10.1. The monoisotopic (exact) mass is 367 g/mol. The molecule has 4 rings (SSSR count). The van der Waals surface area contributed by atoms with Crippen LogP contribution in [0.15, 0.2) is 41.2 Å². The molecule has 0 amide bonds. The Morgan fingerprint density at radius 2 is 2.23 bits per heavy atom.